The van der Waals surface area contributed by atoms with Crippen LogP contribution in [0.1, 0.15) is 5.56 Å². The molecule has 3 rings (SSSR count). The highest BCUT2D eigenvalue weighted by molar-refractivity contribution is 14.1. The highest BCUT2D eigenvalue weighted by Crippen LogP contribution is 2.36. The van der Waals surface area contributed by atoms with Crippen molar-refractivity contribution in [2.24, 2.45) is 0 Å². The predicted molar refractivity (Wildman–Crippen MR) is 105 cm³/mol. The van der Waals surface area contributed by atoms with E-state index in [4.69, 9.17) is 18.6 Å². The molecule has 0 N–H and O–H groups in total. The first kappa shape index (κ1) is 17.6. The van der Waals surface area contributed by atoms with Crippen LogP contribution in [0.5, 0.6) is 17.2 Å². The average Bonchev–Trinajstić information content (AvgIpc) is 2.63. The van der Waals surface area contributed by atoms with Gasteiger partial charge < -0.3 is 18.6 Å². The minimum atomic E-state index is -0.375. The van der Waals surface area contributed by atoms with Gasteiger partial charge in [-0.2, -0.15) is 0 Å². The van der Waals surface area contributed by atoms with Crippen molar-refractivity contribution in [2.75, 3.05) is 21.3 Å². The molecular weight excluding hydrogens is 435 g/mol. The minimum absolute atomic E-state index is 0.375. The first-order chi connectivity index (χ1) is 12.0. The number of fused-ring (bicyclic) bond motifs is 1. The fourth-order valence-electron chi connectivity index (χ4n) is 2.79. The van der Waals surface area contributed by atoms with Crippen LogP contribution in [0.3, 0.4) is 0 Å². The lowest BCUT2D eigenvalue weighted by Gasteiger charge is -2.12. The highest BCUT2D eigenvalue weighted by Gasteiger charge is 2.17. The third-order valence-electron chi connectivity index (χ3n) is 4.03. The van der Waals surface area contributed by atoms with Gasteiger partial charge in [-0.3, -0.25) is 0 Å². The van der Waals surface area contributed by atoms with E-state index in [1.165, 1.54) is 0 Å². The van der Waals surface area contributed by atoms with Gasteiger partial charge in [-0.05, 0) is 65.4 Å². The van der Waals surface area contributed by atoms with Gasteiger partial charge in [0.05, 0.1) is 30.3 Å². The molecule has 0 atom stereocenters. The summed E-state index contributed by atoms with van der Waals surface area (Å²) < 4.78 is 22.4. The Balaban J connectivity index is 2.31. The van der Waals surface area contributed by atoms with Crippen LogP contribution in [-0.2, 0) is 0 Å². The molecule has 0 saturated carbocycles. The normalized spacial score (nSPS) is 10.8. The fraction of sp³-hybridized carbons (Fsp3) is 0.211. The molecule has 0 aliphatic rings. The lowest BCUT2D eigenvalue weighted by Crippen LogP contribution is -2.05. The molecule has 3 aromatic rings. The van der Waals surface area contributed by atoms with E-state index in [9.17, 15) is 4.79 Å². The molecule has 0 aliphatic carbocycles. The SMILES string of the molecule is COc1cc(C)c2c(=O)oc(-c3ccc(OC)c(OC)c3)c(I)c2c1. The minimum Gasteiger partial charge on any atom is -0.497 e. The van der Waals surface area contributed by atoms with Crippen LogP contribution in [-0.4, -0.2) is 21.3 Å². The van der Waals surface area contributed by atoms with Crippen LogP contribution >= 0.6 is 22.6 Å². The van der Waals surface area contributed by atoms with E-state index in [2.05, 4.69) is 22.6 Å². The van der Waals surface area contributed by atoms with Crippen molar-refractivity contribution in [1.82, 2.24) is 0 Å². The number of benzene rings is 2. The number of hydrogen-bond acceptors (Lipinski definition) is 5. The maximum Gasteiger partial charge on any atom is 0.344 e. The molecule has 0 amide bonds. The zero-order chi connectivity index (χ0) is 18.1. The van der Waals surface area contributed by atoms with Crippen LogP contribution < -0.4 is 19.8 Å². The van der Waals surface area contributed by atoms with E-state index < -0.39 is 0 Å². The number of halogens is 1. The molecule has 0 radical (unpaired) electrons. The number of rotatable bonds is 4. The predicted octanol–water partition coefficient (Wildman–Crippen LogP) is 4.40. The Kier molecular flexibility index (Phi) is 4.89. The Hall–Kier alpha value is -2.22. The summed E-state index contributed by atoms with van der Waals surface area (Å²) in [6.07, 6.45) is 0. The molecule has 0 spiro atoms. The standard InChI is InChI=1S/C19H17IO5/c1-10-7-12(22-2)9-13-16(10)19(21)25-18(17(13)20)11-5-6-14(23-3)15(8-11)24-4/h5-9H,1-4H3. The van der Waals surface area contributed by atoms with Gasteiger partial charge in [0.25, 0.3) is 0 Å². The monoisotopic (exact) mass is 452 g/mol. The molecule has 0 fully saturated rings. The molecule has 0 saturated heterocycles. The van der Waals surface area contributed by atoms with Crippen molar-refractivity contribution < 1.29 is 18.6 Å². The van der Waals surface area contributed by atoms with Crippen molar-refractivity contribution in [3.8, 4) is 28.6 Å². The van der Waals surface area contributed by atoms with Crippen molar-refractivity contribution in [1.29, 1.82) is 0 Å². The van der Waals surface area contributed by atoms with Gasteiger partial charge in [-0.1, -0.05) is 0 Å². The Morgan fingerprint density at radius 1 is 0.960 bits per heavy atom. The van der Waals surface area contributed by atoms with Crippen LogP contribution in [0.25, 0.3) is 22.1 Å². The second-order valence-corrected chi connectivity index (χ2v) is 6.55. The first-order valence-corrected chi connectivity index (χ1v) is 8.61. The zero-order valence-corrected chi connectivity index (χ0v) is 16.5. The molecule has 2 aromatic carbocycles. The fourth-order valence-corrected chi connectivity index (χ4v) is 3.64. The molecule has 0 unspecified atom stereocenters. The summed E-state index contributed by atoms with van der Waals surface area (Å²) in [6.45, 7) is 1.87. The Labute approximate surface area is 158 Å². The van der Waals surface area contributed by atoms with E-state index in [-0.39, 0.29) is 5.63 Å². The quantitative estimate of drug-likeness (QED) is 0.550. The van der Waals surface area contributed by atoms with E-state index in [0.29, 0.717) is 28.4 Å². The van der Waals surface area contributed by atoms with Gasteiger partial charge in [0.15, 0.2) is 17.3 Å². The summed E-state index contributed by atoms with van der Waals surface area (Å²) in [5, 5.41) is 1.37. The third kappa shape index (κ3) is 3.06. The van der Waals surface area contributed by atoms with Crippen molar-refractivity contribution in [3.63, 3.8) is 0 Å². The lowest BCUT2D eigenvalue weighted by molar-refractivity contribution is 0.355. The van der Waals surface area contributed by atoms with E-state index in [1.54, 1.807) is 33.5 Å². The van der Waals surface area contributed by atoms with Crippen molar-refractivity contribution in [2.45, 2.75) is 6.92 Å². The van der Waals surface area contributed by atoms with E-state index in [1.807, 2.05) is 25.1 Å². The second-order valence-electron chi connectivity index (χ2n) is 5.47. The smallest absolute Gasteiger partial charge is 0.344 e. The number of aryl methyl sites for hydroxylation is 1. The second kappa shape index (κ2) is 6.95. The molecule has 5 nitrogen and oxygen atoms in total. The Morgan fingerprint density at radius 3 is 2.32 bits per heavy atom. The summed E-state index contributed by atoms with van der Waals surface area (Å²) in [6, 6.07) is 9.08. The molecule has 0 aliphatic heterocycles. The van der Waals surface area contributed by atoms with Gasteiger partial charge in [-0.15, -0.1) is 0 Å². The maximum absolute atomic E-state index is 12.6. The molecule has 130 valence electrons. The Morgan fingerprint density at radius 2 is 1.68 bits per heavy atom. The molecule has 1 aromatic heterocycles. The van der Waals surface area contributed by atoms with Crippen LogP contribution in [0, 0.1) is 10.5 Å². The molecule has 0 bridgehead atoms. The van der Waals surface area contributed by atoms with E-state index >= 15 is 0 Å². The van der Waals surface area contributed by atoms with Gasteiger partial charge in [-0.25, -0.2) is 4.79 Å². The molecule has 6 heteroatoms. The maximum atomic E-state index is 12.6. The summed E-state index contributed by atoms with van der Waals surface area (Å²) in [5.74, 6) is 2.38. The van der Waals surface area contributed by atoms with Gasteiger partial charge >= 0.3 is 5.63 Å². The topological polar surface area (TPSA) is 57.9 Å². The van der Waals surface area contributed by atoms with E-state index in [0.717, 1.165) is 20.1 Å². The summed E-state index contributed by atoms with van der Waals surface area (Å²) in [5.41, 5.74) is 1.18. The lowest BCUT2D eigenvalue weighted by atomic mass is 10.0. The van der Waals surface area contributed by atoms with Crippen molar-refractivity contribution in [3.05, 3.63) is 49.9 Å². The van der Waals surface area contributed by atoms with Gasteiger partial charge in [0, 0.05) is 10.9 Å². The largest absolute Gasteiger partial charge is 0.497 e. The number of methoxy groups -OCH3 is 3. The molecular formula is C19H17IO5. The molecule has 1 heterocycles. The first-order valence-electron chi connectivity index (χ1n) is 7.53. The Bertz CT molecular complexity index is 1010. The summed E-state index contributed by atoms with van der Waals surface area (Å²) in [4.78, 5) is 12.6. The summed E-state index contributed by atoms with van der Waals surface area (Å²) in [7, 11) is 4.75. The molecule has 25 heavy (non-hydrogen) atoms. The van der Waals surface area contributed by atoms with Gasteiger partial charge in [0.2, 0.25) is 0 Å². The van der Waals surface area contributed by atoms with Crippen LogP contribution in [0.2, 0.25) is 0 Å². The van der Waals surface area contributed by atoms with Crippen LogP contribution in [0.15, 0.2) is 39.5 Å². The third-order valence-corrected chi connectivity index (χ3v) is 5.10. The summed E-state index contributed by atoms with van der Waals surface area (Å²) >= 11 is 2.19. The number of hydrogen-bond donors (Lipinski definition) is 0. The van der Waals surface area contributed by atoms with Gasteiger partial charge in [0.1, 0.15) is 5.75 Å². The average molecular weight is 452 g/mol. The zero-order valence-electron chi connectivity index (χ0n) is 14.3. The number of ether oxygens (including phenoxy) is 3. The highest BCUT2D eigenvalue weighted by atomic mass is 127. The van der Waals surface area contributed by atoms with Crippen LogP contribution in [0.4, 0.5) is 0 Å². The van der Waals surface area contributed by atoms with Crippen molar-refractivity contribution >= 4 is 33.4 Å².